The first-order valence-electron chi connectivity index (χ1n) is 21.0. The number of rotatable bonds is 12. The zero-order chi connectivity index (χ0) is 41.3. The van der Waals surface area contributed by atoms with E-state index in [1.54, 1.807) is 50.9 Å². The van der Waals surface area contributed by atoms with Crippen molar-refractivity contribution in [1.29, 1.82) is 0 Å². The molecule has 5 aromatic rings. The molecule has 10 atom stereocenters. The monoisotopic (exact) mass is 808 g/mol. The van der Waals surface area contributed by atoms with Gasteiger partial charge in [0, 0.05) is 58.8 Å². The SMILES string of the molecule is C=C[C@H]1CN2CC[C@H]1C[C@@H]2[C@H](OC(=O)Nc1cccc(NC(=O)O[C@H](c2ccnc3ccc(OC)cc23)[C@H]2C[C@@H]3CCN2C[C@@H]3C=C)c1)c1ccnc2ccc(OC)cc12. The summed E-state index contributed by atoms with van der Waals surface area (Å²) in [5.41, 5.74) is 4.26. The van der Waals surface area contributed by atoms with Gasteiger partial charge in [0.05, 0.1) is 37.3 Å². The number of piperidine rings is 6. The van der Waals surface area contributed by atoms with Crippen molar-refractivity contribution in [1.82, 2.24) is 19.8 Å². The first-order valence-corrected chi connectivity index (χ1v) is 21.0. The largest absolute Gasteiger partial charge is 0.497 e. The molecule has 60 heavy (non-hydrogen) atoms. The molecule has 4 bridgehead atoms. The zero-order valence-electron chi connectivity index (χ0n) is 34.2. The molecule has 2 aromatic heterocycles. The highest BCUT2D eigenvalue weighted by Gasteiger charge is 2.46. The molecule has 0 saturated carbocycles. The molecule has 3 aromatic carbocycles. The van der Waals surface area contributed by atoms with Crippen molar-refractivity contribution in [3.63, 3.8) is 0 Å². The van der Waals surface area contributed by atoms with Crippen LogP contribution in [0.4, 0.5) is 21.0 Å². The number of fused-ring (bicyclic) bond motifs is 8. The van der Waals surface area contributed by atoms with Crippen LogP contribution in [-0.2, 0) is 9.47 Å². The highest BCUT2D eigenvalue weighted by Crippen LogP contribution is 2.45. The van der Waals surface area contributed by atoms with Gasteiger partial charge in [-0.05, 0) is 129 Å². The molecular weight excluding hydrogens is 757 g/mol. The number of carbonyl (C=O) groups excluding carboxylic acids is 2. The lowest BCUT2D eigenvalue weighted by molar-refractivity contribution is -0.0474. The fourth-order valence-electron chi connectivity index (χ4n) is 10.3. The molecule has 12 heteroatoms. The average Bonchev–Trinajstić information content (AvgIpc) is 3.29. The lowest BCUT2D eigenvalue weighted by Gasteiger charge is -2.51. The Labute approximate surface area is 350 Å². The molecule has 0 aliphatic carbocycles. The Morgan fingerprint density at radius 3 is 1.55 bits per heavy atom. The molecule has 0 radical (unpaired) electrons. The summed E-state index contributed by atoms with van der Waals surface area (Å²) in [6.45, 7) is 11.8. The zero-order valence-corrected chi connectivity index (χ0v) is 34.2. The second-order valence-corrected chi connectivity index (χ2v) is 16.5. The molecule has 6 aliphatic heterocycles. The van der Waals surface area contributed by atoms with E-state index in [0.29, 0.717) is 46.5 Å². The lowest BCUT2D eigenvalue weighted by Crippen LogP contribution is -2.55. The molecule has 11 rings (SSSR count). The number of ether oxygens (including phenoxy) is 4. The number of nitrogens with zero attached hydrogens (tertiary/aromatic N) is 4. The van der Waals surface area contributed by atoms with Crippen molar-refractivity contribution >= 4 is 45.4 Å². The number of aromatic nitrogens is 2. The van der Waals surface area contributed by atoms with Crippen molar-refractivity contribution in [3.05, 3.63) is 122 Å². The summed E-state index contributed by atoms with van der Waals surface area (Å²) in [7, 11) is 3.27. The second kappa shape index (κ2) is 16.9. The van der Waals surface area contributed by atoms with E-state index >= 15 is 0 Å². The minimum atomic E-state index is -0.602. The van der Waals surface area contributed by atoms with E-state index in [0.717, 1.165) is 84.8 Å². The molecule has 310 valence electrons. The number of hydrogen-bond acceptors (Lipinski definition) is 10. The number of nitrogens with one attached hydrogen (secondary N) is 2. The molecule has 6 aliphatic rings. The highest BCUT2D eigenvalue weighted by atomic mass is 16.6. The molecule has 0 spiro atoms. The fraction of sp³-hybridized carbons (Fsp3) is 0.375. The van der Waals surface area contributed by atoms with Crippen LogP contribution in [0.15, 0.2) is 111 Å². The number of amides is 2. The number of anilines is 2. The minimum absolute atomic E-state index is 0.0322. The standard InChI is InChI=1S/C48H52N6O6/c1-5-29-27-53-20-16-31(29)22-43(53)45(37-14-18-49-41-12-10-35(57-3)25-39(37)41)59-47(55)51-33-8-7-9-34(24-33)52-48(56)60-46(44-23-32-17-21-54(44)28-30(32)6-2)38-15-19-50-42-13-11-36(58-4)26-40(38)42/h5-15,18-19,24-26,29-32,43-46H,1-2,16-17,20-23,27-28H2,3-4H3,(H,51,55)(H,52,56)/t29-,30-,31-,32-,43+,44+,45+,46+/m0/s1. The summed E-state index contributed by atoms with van der Waals surface area (Å²) in [4.78, 5) is 42.0. The van der Waals surface area contributed by atoms with Crippen LogP contribution in [0.3, 0.4) is 0 Å². The molecule has 2 N–H and O–H groups in total. The van der Waals surface area contributed by atoms with Crippen LogP contribution in [-0.4, -0.2) is 84.4 Å². The number of benzene rings is 3. The van der Waals surface area contributed by atoms with Crippen molar-refractivity contribution in [2.45, 2.75) is 50.0 Å². The van der Waals surface area contributed by atoms with Gasteiger partial charge in [-0.3, -0.25) is 30.4 Å². The van der Waals surface area contributed by atoms with Crippen molar-refractivity contribution < 1.29 is 28.5 Å². The van der Waals surface area contributed by atoms with E-state index in [9.17, 15) is 9.59 Å². The Morgan fingerprint density at radius 2 is 1.15 bits per heavy atom. The number of methoxy groups -OCH3 is 2. The van der Waals surface area contributed by atoms with E-state index in [1.165, 1.54) is 0 Å². The summed E-state index contributed by atoms with van der Waals surface area (Å²) in [5.74, 6) is 3.14. The van der Waals surface area contributed by atoms with Crippen LogP contribution in [0.1, 0.15) is 49.0 Å². The van der Waals surface area contributed by atoms with Crippen molar-refractivity contribution in [3.8, 4) is 11.5 Å². The van der Waals surface area contributed by atoms with E-state index in [2.05, 4.69) is 55.7 Å². The van der Waals surface area contributed by atoms with Gasteiger partial charge in [0.15, 0.2) is 0 Å². The van der Waals surface area contributed by atoms with Crippen LogP contribution in [0.25, 0.3) is 21.8 Å². The van der Waals surface area contributed by atoms with Gasteiger partial charge in [0.25, 0.3) is 0 Å². The summed E-state index contributed by atoms with van der Waals surface area (Å²) in [5, 5.41) is 7.64. The Balaban J connectivity index is 0.949. The smallest absolute Gasteiger partial charge is 0.412 e. The quantitative estimate of drug-likeness (QED) is 0.118. The summed E-state index contributed by atoms with van der Waals surface area (Å²) in [6, 6.07) is 22.3. The van der Waals surface area contributed by atoms with Crippen LogP contribution < -0.4 is 20.1 Å². The lowest BCUT2D eigenvalue weighted by atomic mass is 9.73. The Hall–Kier alpha value is -5.98. The summed E-state index contributed by atoms with van der Waals surface area (Å²) < 4.78 is 24.0. The second-order valence-electron chi connectivity index (χ2n) is 16.5. The van der Waals surface area contributed by atoms with Crippen LogP contribution in [0.5, 0.6) is 11.5 Å². The van der Waals surface area contributed by atoms with Gasteiger partial charge in [-0.2, -0.15) is 0 Å². The van der Waals surface area contributed by atoms with Gasteiger partial charge < -0.3 is 18.9 Å². The average molecular weight is 809 g/mol. The molecule has 6 fully saturated rings. The number of carbonyl (C=O) groups is 2. The van der Waals surface area contributed by atoms with E-state index in [-0.39, 0.29) is 12.1 Å². The van der Waals surface area contributed by atoms with Crippen molar-refractivity contribution in [2.24, 2.45) is 23.7 Å². The number of hydrogen-bond donors (Lipinski definition) is 2. The maximum absolute atomic E-state index is 14.0. The van der Waals surface area contributed by atoms with Crippen molar-refractivity contribution in [2.75, 3.05) is 51.0 Å². The Bertz CT molecular complexity index is 2260. The molecule has 8 heterocycles. The molecular formula is C48H52N6O6. The summed E-state index contributed by atoms with van der Waals surface area (Å²) >= 11 is 0. The topological polar surface area (TPSA) is 127 Å². The molecule has 6 saturated heterocycles. The van der Waals surface area contributed by atoms with Gasteiger partial charge in [-0.25, -0.2) is 9.59 Å². The highest BCUT2D eigenvalue weighted by molar-refractivity contribution is 5.90. The maximum atomic E-state index is 14.0. The molecule has 2 unspecified atom stereocenters. The molecule has 2 amide bonds. The Kier molecular flexibility index (Phi) is 11.1. The third-order valence-corrected chi connectivity index (χ3v) is 13.4. The first-order chi connectivity index (χ1) is 29.3. The van der Waals surface area contributed by atoms with Crippen LogP contribution in [0.2, 0.25) is 0 Å². The van der Waals surface area contributed by atoms with Gasteiger partial charge in [0.1, 0.15) is 23.7 Å². The fourth-order valence-corrected chi connectivity index (χ4v) is 10.3. The first kappa shape index (κ1) is 39.5. The molecule has 12 nitrogen and oxygen atoms in total. The third-order valence-electron chi connectivity index (χ3n) is 13.4. The predicted molar refractivity (Wildman–Crippen MR) is 232 cm³/mol. The number of pyridine rings is 2. The normalized spacial score (nSPS) is 26.4. The third kappa shape index (κ3) is 7.77. The summed E-state index contributed by atoms with van der Waals surface area (Å²) in [6.07, 6.45) is 9.22. The van der Waals surface area contributed by atoms with Gasteiger partial charge in [-0.1, -0.05) is 18.2 Å². The van der Waals surface area contributed by atoms with Crippen LogP contribution >= 0.6 is 0 Å². The van der Waals surface area contributed by atoms with Gasteiger partial charge >= 0.3 is 12.2 Å². The predicted octanol–water partition coefficient (Wildman–Crippen LogP) is 9.17. The van der Waals surface area contributed by atoms with Gasteiger partial charge in [0.2, 0.25) is 0 Å². The van der Waals surface area contributed by atoms with E-state index in [1.807, 2.05) is 48.5 Å². The van der Waals surface area contributed by atoms with Gasteiger partial charge in [-0.15, -0.1) is 13.2 Å². The Morgan fingerprint density at radius 1 is 0.683 bits per heavy atom. The maximum Gasteiger partial charge on any atom is 0.412 e. The van der Waals surface area contributed by atoms with E-state index in [4.69, 9.17) is 18.9 Å². The van der Waals surface area contributed by atoms with E-state index < -0.39 is 24.4 Å². The van der Waals surface area contributed by atoms with Crippen LogP contribution in [0, 0.1) is 23.7 Å². The minimum Gasteiger partial charge on any atom is -0.497 e.